The van der Waals surface area contributed by atoms with Crippen molar-refractivity contribution in [3.8, 4) is 10.4 Å². The summed E-state index contributed by atoms with van der Waals surface area (Å²) in [6.07, 6.45) is 0. The molecule has 82 valence electrons. The van der Waals surface area contributed by atoms with Gasteiger partial charge in [-0.2, -0.15) is 0 Å². The quantitative estimate of drug-likeness (QED) is 0.902. The van der Waals surface area contributed by atoms with E-state index in [0.717, 1.165) is 10.4 Å². The largest absolute Gasteiger partial charge is 0.477 e. The third-order valence-electron chi connectivity index (χ3n) is 2.22. The molecule has 0 saturated heterocycles. The van der Waals surface area contributed by atoms with Gasteiger partial charge in [-0.05, 0) is 34.5 Å². The molecule has 1 aromatic carbocycles. The smallest absolute Gasteiger partial charge is 0.347 e. The first-order chi connectivity index (χ1) is 7.58. The number of hydrogen-bond donors (Lipinski definition) is 1. The Morgan fingerprint density at radius 3 is 2.44 bits per heavy atom. The average molecular weight is 297 g/mol. The molecule has 0 aliphatic rings. The van der Waals surface area contributed by atoms with Crippen LogP contribution in [0.25, 0.3) is 10.4 Å². The predicted molar refractivity (Wildman–Crippen MR) is 69.2 cm³/mol. The summed E-state index contributed by atoms with van der Waals surface area (Å²) >= 11 is 4.54. The first-order valence-corrected chi connectivity index (χ1v) is 6.28. The summed E-state index contributed by atoms with van der Waals surface area (Å²) < 4.78 is 0.639. The van der Waals surface area contributed by atoms with Crippen molar-refractivity contribution in [1.29, 1.82) is 0 Å². The monoisotopic (exact) mass is 296 g/mol. The summed E-state index contributed by atoms with van der Waals surface area (Å²) in [5.41, 5.74) is 2.24. The first kappa shape index (κ1) is 11.4. The van der Waals surface area contributed by atoms with E-state index < -0.39 is 5.97 Å². The Bertz CT molecular complexity index is 528. The molecule has 0 saturated carbocycles. The summed E-state index contributed by atoms with van der Waals surface area (Å²) in [6.45, 7) is 2.02. The lowest BCUT2D eigenvalue weighted by molar-refractivity contribution is 0.0701. The summed E-state index contributed by atoms with van der Waals surface area (Å²) in [4.78, 5) is 12.2. The fraction of sp³-hybridized carbons (Fsp3) is 0.0833. The van der Waals surface area contributed by atoms with Gasteiger partial charge in [-0.1, -0.05) is 29.8 Å². The minimum absolute atomic E-state index is 0.343. The molecule has 0 aliphatic carbocycles. The molecule has 1 N–H and O–H groups in total. The SMILES string of the molecule is Cc1ccc(-c2cc(Br)c(C(=O)O)s2)cc1. The third-order valence-corrected chi connectivity index (χ3v) is 4.28. The highest BCUT2D eigenvalue weighted by Crippen LogP contribution is 2.34. The van der Waals surface area contributed by atoms with Crippen molar-refractivity contribution in [2.75, 3.05) is 0 Å². The Morgan fingerprint density at radius 1 is 1.31 bits per heavy atom. The topological polar surface area (TPSA) is 37.3 Å². The molecular formula is C12H9BrO2S. The number of benzene rings is 1. The lowest BCUT2D eigenvalue weighted by Crippen LogP contribution is -1.91. The number of aryl methyl sites for hydroxylation is 1. The predicted octanol–water partition coefficient (Wildman–Crippen LogP) is 4.18. The van der Waals surface area contributed by atoms with E-state index in [1.807, 2.05) is 37.3 Å². The molecule has 2 aromatic rings. The molecule has 0 unspecified atom stereocenters. The second kappa shape index (κ2) is 4.39. The van der Waals surface area contributed by atoms with Gasteiger partial charge in [0.2, 0.25) is 0 Å². The molecule has 0 aliphatic heterocycles. The normalized spacial score (nSPS) is 10.4. The van der Waals surface area contributed by atoms with E-state index in [1.165, 1.54) is 16.9 Å². The van der Waals surface area contributed by atoms with E-state index in [0.29, 0.717) is 9.35 Å². The summed E-state index contributed by atoms with van der Waals surface area (Å²) in [5, 5.41) is 8.95. The first-order valence-electron chi connectivity index (χ1n) is 4.67. The van der Waals surface area contributed by atoms with Gasteiger partial charge in [0, 0.05) is 9.35 Å². The van der Waals surface area contributed by atoms with Gasteiger partial charge in [0.1, 0.15) is 4.88 Å². The number of aromatic carboxylic acids is 1. The van der Waals surface area contributed by atoms with Crippen LogP contribution < -0.4 is 0 Å². The van der Waals surface area contributed by atoms with Crippen molar-refractivity contribution in [1.82, 2.24) is 0 Å². The molecule has 1 aromatic heterocycles. The van der Waals surface area contributed by atoms with Crippen molar-refractivity contribution in [3.63, 3.8) is 0 Å². The molecule has 2 rings (SSSR count). The van der Waals surface area contributed by atoms with Gasteiger partial charge in [0.05, 0.1) is 0 Å². The molecule has 0 atom stereocenters. The van der Waals surface area contributed by atoms with Gasteiger partial charge in [0.25, 0.3) is 0 Å². The van der Waals surface area contributed by atoms with Crippen LogP contribution in [0, 0.1) is 6.92 Å². The van der Waals surface area contributed by atoms with Gasteiger partial charge < -0.3 is 5.11 Å². The zero-order valence-corrected chi connectivity index (χ0v) is 10.9. The number of rotatable bonds is 2. The Kier molecular flexibility index (Phi) is 3.12. The maximum absolute atomic E-state index is 10.9. The Balaban J connectivity index is 2.45. The number of carboxylic acids is 1. The molecule has 0 fully saturated rings. The second-order valence-electron chi connectivity index (χ2n) is 3.46. The van der Waals surface area contributed by atoms with Crippen molar-refractivity contribution >= 4 is 33.2 Å². The van der Waals surface area contributed by atoms with Crippen molar-refractivity contribution < 1.29 is 9.90 Å². The fourth-order valence-corrected chi connectivity index (χ4v) is 3.06. The zero-order chi connectivity index (χ0) is 11.7. The zero-order valence-electron chi connectivity index (χ0n) is 8.53. The van der Waals surface area contributed by atoms with Crippen LogP contribution >= 0.6 is 27.3 Å². The van der Waals surface area contributed by atoms with Crippen LogP contribution in [-0.4, -0.2) is 11.1 Å². The molecule has 16 heavy (non-hydrogen) atoms. The average Bonchev–Trinajstić information content (AvgIpc) is 2.61. The van der Waals surface area contributed by atoms with E-state index in [4.69, 9.17) is 5.11 Å². The summed E-state index contributed by atoms with van der Waals surface area (Å²) in [5.74, 6) is -0.893. The summed E-state index contributed by atoms with van der Waals surface area (Å²) in [6, 6.07) is 9.88. The number of thiophene rings is 1. The van der Waals surface area contributed by atoms with E-state index in [-0.39, 0.29) is 0 Å². The highest BCUT2D eigenvalue weighted by Gasteiger charge is 2.13. The number of hydrogen-bond acceptors (Lipinski definition) is 2. The minimum Gasteiger partial charge on any atom is -0.477 e. The van der Waals surface area contributed by atoms with Crippen LogP contribution in [0.15, 0.2) is 34.8 Å². The van der Waals surface area contributed by atoms with Crippen LogP contribution in [0.5, 0.6) is 0 Å². The van der Waals surface area contributed by atoms with Gasteiger partial charge in [0.15, 0.2) is 0 Å². The van der Waals surface area contributed by atoms with Crippen LogP contribution in [0.1, 0.15) is 15.2 Å². The Labute approximate surface area is 106 Å². The van der Waals surface area contributed by atoms with E-state index >= 15 is 0 Å². The van der Waals surface area contributed by atoms with Gasteiger partial charge in [-0.3, -0.25) is 0 Å². The van der Waals surface area contributed by atoms with Crippen LogP contribution in [0.2, 0.25) is 0 Å². The number of carbonyl (C=O) groups is 1. The molecule has 4 heteroatoms. The van der Waals surface area contributed by atoms with Gasteiger partial charge >= 0.3 is 5.97 Å². The second-order valence-corrected chi connectivity index (χ2v) is 5.37. The van der Waals surface area contributed by atoms with Gasteiger partial charge in [-0.25, -0.2) is 4.79 Å². The molecule has 0 spiro atoms. The van der Waals surface area contributed by atoms with Crippen LogP contribution in [0.3, 0.4) is 0 Å². The molecular weight excluding hydrogens is 288 g/mol. The highest BCUT2D eigenvalue weighted by molar-refractivity contribution is 9.10. The van der Waals surface area contributed by atoms with Crippen molar-refractivity contribution in [3.05, 3.63) is 45.2 Å². The number of carboxylic acid groups (broad SMARTS) is 1. The molecule has 0 amide bonds. The van der Waals surface area contributed by atoms with E-state index in [9.17, 15) is 4.79 Å². The Hall–Kier alpha value is -1.13. The lowest BCUT2D eigenvalue weighted by Gasteiger charge is -1.97. The molecule has 0 bridgehead atoms. The maximum atomic E-state index is 10.9. The van der Waals surface area contributed by atoms with Crippen molar-refractivity contribution in [2.24, 2.45) is 0 Å². The lowest BCUT2D eigenvalue weighted by atomic mass is 10.1. The van der Waals surface area contributed by atoms with Crippen molar-refractivity contribution in [2.45, 2.75) is 6.92 Å². The molecule has 0 radical (unpaired) electrons. The van der Waals surface area contributed by atoms with Crippen LogP contribution in [-0.2, 0) is 0 Å². The Morgan fingerprint density at radius 2 is 1.94 bits per heavy atom. The maximum Gasteiger partial charge on any atom is 0.347 e. The fourth-order valence-electron chi connectivity index (χ4n) is 1.37. The summed E-state index contributed by atoms with van der Waals surface area (Å²) in [7, 11) is 0. The van der Waals surface area contributed by atoms with Gasteiger partial charge in [-0.15, -0.1) is 11.3 Å². The third kappa shape index (κ3) is 2.18. The highest BCUT2D eigenvalue weighted by atomic mass is 79.9. The van der Waals surface area contributed by atoms with Crippen LogP contribution in [0.4, 0.5) is 0 Å². The molecule has 1 heterocycles. The number of halogens is 1. The van der Waals surface area contributed by atoms with E-state index in [2.05, 4.69) is 15.9 Å². The standard InChI is InChI=1S/C12H9BrO2S/c1-7-2-4-8(5-3-7)10-6-9(13)11(16-10)12(14)15/h2-6H,1H3,(H,14,15). The molecule has 2 nitrogen and oxygen atoms in total. The minimum atomic E-state index is -0.893. The van der Waals surface area contributed by atoms with E-state index in [1.54, 1.807) is 0 Å².